The number of hydrogen-bond acceptors (Lipinski definition) is 3. The second-order valence-electron chi connectivity index (χ2n) is 6.62. The molecule has 150 valence electrons. The number of urea groups is 1. The summed E-state index contributed by atoms with van der Waals surface area (Å²) in [6.45, 7) is 3.36. The molecule has 6 nitrogen and oxygen atoms in total. The third-order valence-corrected chi connectivity index (χ3v) is 4.51. The van der Waals surface area contributed by atoms with E-state index < -0.39 is 29.7 Å². The van der Waals surface area contributed by atoms with E-state index in [4.69, 9.17) is 5.73 Å². The van der Waals surface area contributed by atoms with Crippen LogP contribution in [0.4, 0.5) is 29.3 Å². The number of carbonyl (C=O) groups is 2. The molecule has 1 saturated heterocycles. The monoisotopic (exact) mass is 386 g/mol. The average molecular weight is 386 g/mol. The fourth-order valence-electron chi connectivity index (χ4n) is 3.11. The minimum atomic E-state index is -4.52. The highest BCUT2D eigenvalue weighted by Gasteiger charge is 2.32. The molecule has 1 fully saturated rings. The summed E-state index contributed by atoms with van der Waals surface area (Å²) < 4.78 is 39.3. The van der Waals surface area contributed by atoms with Crippen LogP contribution in [0.3, 0.4) is 0 Å². The van der Waals surface area contributed by atoms with Crippen LogP contribution in [0.25, 0.3) is 0 Å². The molecule has 1 aromatic rings. The molecular weight excluding hydrogens is 361 g/mol. The average Bonchev–Trinajstić information content (AvgIpc) is 3.11. The van der Waals surface area contributed by atoms with Gasteiger partial charge < -0.3 is 21.3 Å². The zero-order valence-corrected chi connectivity index (χ0v) is 15.2. The molecule has 0 radical (unpaired) electrons. The van der Waals surface area contributed by atoms with Crippen molar-refractivity contribution < 1.29 is 22.8 Å². The Morgan fingerprint density at radius 2 is 1.93 bits per heavy atom. The van der Waals surface area contributed by atoms with Crippen LogP contribution < -0.4 is 21.3 Å². The number of amides is 3. The number of primary amides is 1. The van der Waals surface area contributed by atoms with Crippen molar-refractivity contribution >= 4 is 23.3 Å². The zero-order chi connectivity index (χ0) is 20.0. The Morgan fingerprint density at radius 1 is 1.26 bits per heavy atom. The van der Waals surface area contributed by atoms with E-state index in [1.807, 2.05) is 11.8 Å². The second-order valence-corrected chi connectivity index (χ2v) is 6.62. The van der Waals surface area contributed by atoms with Crippen molar-refractivity contribution in [1.82, 2.24) is 5.32 Å². The maximum Gasteiger partial charge on any atom is 0.416 e. The first-order valence-corrected chi connectivity index (χ1v) is 9.05. The molecular formula is C18H25F3N4O2. The molecule has 1 unspecified atom stereocenters. The molecule has 4 N–H and O–H groups in total. The van der Waals surface area contributed by atoms with Crippen LogP contribution in [0.5, 0.6) is 0 Å². The van der Waals surface area contributed by atoms with Gasteiger partial charge in [-0.2, -0.15) is 13.2 Å². The normalized spacial score (nSPS) is 15.5. The summed E-state index contributed by atoms with van der Waals surface area (Å²) >= 11 is 0. The number of halogens is 3. The Bertz CT molecular complexity index is 673. The Morgan fingerprint density at radius 3 is 2.48 bits per heavy atom. The van der Waals surface area contributed by atoms with E-state index in [9.17, 15) is 22.8 Å². The predicted molar refractivity (Wildman–Crippen MR) is 97.6 cm³/mol. The zero-order valence-electron chi connectivity index (χ0n) is 15.2. The van der Waals surface area contributed by atoms with Crippen molar-refractivity contribution in [3.8, 4) is 0 Å². The topological polar surface area (TPSA) is 87.5 Å². The van der Waals surface area contributed by atoms with Crippen LogP contribution in [0, 0.1) is 0 Å². The van der Waals surface area contributed by atoms with Gasteiger partial charge in [0, 0.05) is 13.1 Å². The third kappa shape index (κ3) is 5.77. The highest BCUT2D eigenvalue weighted by Crippen LogP contribution is 2.36. The highest BCUT2D eigenvalue weighted by atomic mass is 19.4. The van der Waals surface area contributed by atoms with Gasteiger partial charge in [0.05, 0.1) is 16.9 Å². The largest absolute Gasteiger partial charge is 0.416 e. The van der Waals surface area contributed by atoms with Gasteiger partial charge in [0.1, 0.15) is 6.04 Å². The van der Waals surface area contributed by atoms with E-state index in [1.54, 1.807) is 0 Å². The number of rotatable bonds is 7. The van der Waals surface area contributed by atoms with E-state index in [-0.39, 0.29) is 5.69 Å². The second kappa shape index (κ2) is 8.96. The quantitative estimate of drug-likeness (QED) is 0.671. The minimum Gasteiger partial charge on any atom is -0.370 e. The lowest BCUT2D eigenvalue weighted by atomic mass is 10.1. The van der Waals surface area contributed by atoms with Crippen LogP contribution in [0.1, 0.15) is 44.6 Å². The van der Waals surface area contributed by atoms with Gasteiger partial charge in [-0.05, 0) is 37.5 Å². The van der Waals surface area contributed by atoms with Gasteiger partial charge in [-0.3, -0.25) is 4.79 Å². The third-order valence-electron chi connectivity index (χ3n) is 4.51. The number of hydrogen-bond donors (Lipinski definition) is 3. The first-order chi connectivity index (χ1) is 12.7. The lowest BCUT2D eigenvalue weighted by molar-refractivity contribution is -0.137. The fraction of sp³-hybridized carbons (Fsp3) is 0.556. The number of benzene rings is 1. The molecule has 9 heteroatoms. The van der Waals surface area contributed by atoms with E-state index in [0.717, 1.165) is 31.4 Å². The Hall–Kier alpha value is -2.45. The van der Waals surface area contributed by atoms with Gasteiger partial charge in [0.15, 0.2) is 0 Å². The molecule has 0 bridgehead atoms. The van der Waals surface area contributed by atoms with Crippen LogP contribution in [-0.2, 0) is 11.0 Å². The van der Waals surface area contributed by atoms with E-state index in [2.05, 4.69) is 10.6 Å². The van der Waals surface area contributed by atoms with Crippen molar-refractivity contribution in [3.63, 3.8) is 0 Å². The summed E-state index contributed by atoms with van der Waals surface area (Å²) in [5.74, 6) is -0.581. The molecule has 27 heavy (non-hydrogen) atoms. The molecule has 2 rings (SSSR count). The molecule has 0 aliphatic carbocycles. The summed E-state index contributed by atoms with van der Waals surface area (Å²) in [4.78, 5) is 25.7. The van der Waals surface area contributed by atoms with Gasteiger partial charge in [-0.1, -0.05) is 19.8 Å². The molecule has 1 aliphatic heterocycles. The first kappa shape index (κ1) is 20.9. The summed E-state index contributed by atoms with van der Waals surface area (Å²) in [5.41, 5.74) is 4.91. The molecule has 3 amide bonds. The SMILES string of the molecule is CCCCC(NC(N)=O)C(=O)Nc1cc(C(F)(F)F)ccc1N1CCCC1. The number of unbranched alkanes of at least 4 members (excludes halogenated alkanes) is 1. The number of nitrogens with zero attached hydrogens (tertiary/aromatic N) is 1. The van der Waals surface area contributed by atoms with E-state index >= 15 is 0 Å². The van der Waals surface area contributed by atoms with Gasteiger partial charge in [-0.15, -0.1) is 0 Å². The molecule has 0 spiro atoms. The molecule has 1 heterocycles. The van der Waals surface area contributed by atoms with Crippen LogP contribution in [0.2, 0.25) is 0 Å². The van der Waals surface area contributed by atoms with Crippen LogP contribution >= 0.6 is 0 Å². The Balaban J connectivity index is 2.29. The smallest absolute Gasteiger partial charge is 0.370 e. The van der Waals surface area contributed by atoms with Crippen molar-refractivity contribution in [2.24, 2.45) is 5.73 Å². The molecule has 0 aromatic heterocycles. The summed E-state index contributed by atoms with van der Waals surface area (Å²) in [6.07, 6.45) is -0.820. The number of nitrogens with two attached hydrogens (primary N) is 1. The minimum absolute atomic E-state index is 0.0875. The molecule has 0 saturated carbocycles. The number of nitrogens with one attached hydrogen (secondary N) is 2. The van der Waals surface area contributed by atoms with Crippen molar-refractivity contribution in [3.05, 3.63) is 23.8 Å². The lowest BCUT2D eigenvalue weighted by Crippen LogP contribution is -2.46. The van der Waals surface area contributed by atoms with Crippen molar-refractivity contribution in [1.29, 1.82) is 0 Å². The molecule has 1 aromatic carbocycles. The highest BCUT2D eigenvalue weighted by molar-refractivity contribution is 5.99. The van der Waals surface area contributed by atoms with Gasteiger partial charge in [0.25, 0.3) is 0 Å². The first-order valence-electron chi connectivity index (χ1n) is 9.05. The van der Waals surface area contributed by atoms with Crippen molar-refractivity contribution in [2.45, 2.75) is 51.2 Å². The van der Waals surface area contributed by atoms with Crippen molar-refractivity contribution in [2.75, 3.05) is 23.3 Å². The summed E-state index contributed by atoms with van der Waals surface area (Å²) in [6, 6.07) is 1.58. The van der Waals surface area contributed by atoms with Crippen LogP contribution in [0.15, 0.2) is 18.2 Å². The lowest BCUT2D eigenvalue weighted by Gasteiger charge is -2.24. The predicted octanol–water partition coefficient (Wildman–Crippen LogP) is 3.47. The molecule has 1 atom stereocenters. The van der Waals surface area contributed by atoms with Crippen LogP contribution in [-0.4, -0.2) is 31.1 Å². The van der Waals surface area contributed by atoms with Gasteiger partial charge in [-0.25, -0.2) is 4.79 Å². The fourth-order valence-corrected chi connectivity index (χ4v) is 3.11. The number of carbonyl (C=O) groups excluding carboxylic acids is 2. The number of alkyl halides is 3. The summed E-state index contributed by atoms with van der Waals surface area (Å²) in [7, 11) is 0. The van der Waals surface area contributed by atoms with Gasteiger partial charge >= 0.3 is 12.2 Å². The van der Waals surface area contributed by atoms with Gasteiger partial charge in [0.2, 0.25) is 5.91 Å². The van der Waals surface area contributed by atoms with E-state index in [0.29, 0.717) is 31.6 Å². The Kier molecular flexibility index (Phi) is 6.92. The maximum absolute atomic E-state index is 13.1. The Labute approximate surface area is 156 Å². The number of anilines is 2. The maximum atomic E-state index is 13.1. The van der Waals surface area contributed by atoms with E-state index in [1.165, 1.54) is 6.07 Å². The summed E-state index contributed by atoms with van der Waals surface area (Å²) in [5, 5.41) is 4.92. The molecule has 1 aliphatic rings. The standard InChI is InChI=1S/C18H25F3N4O2/c1-2-3-6-13(24-17(22)27)16(26)23-14-11-12(18(19,20)21)7-8-15(14)25-9-4-5-10-25/h7-8,11,13H,2-6,9-10H2,1H3,(H,23,26)(H3,22,24,27).